The first-order valence-electron chi connectivity index (χ1n) is 5.79. The van der Waals surface area contributed by atoms with Gasteiger partial charge in [-0.2, -0.15) is 0 Å². The third-order valence-corrected chi connectivity index (χ3v) is 2.09. The minimum absolute atomic E-state index is 0.00632. The lowest BCUT2D eigenvalue weighted by atomic mass is 10.3. The van der Waals surface area contributed by atoms with Gasteiger partial charge in [-0.3, -0.25) is 0 Å². The van der Waals surface area contributed by atoms with Crippen molar-refractivity contribution in [2.75, 3.05) is 40.3 Å². The maximum Gasteiger partial charge on any atom is 0.333 e. The largest absolute Gasteiger partial charge is 0.460 e. The topological polar surface area (TPSA) is 61.8 Å². The van der Waals surface area contributed by atoms with Crippen molar-refractivity contribution >= 4 is 5.97 Å². The number of nitrogens with zero attached hydrogens (tertiary/aromatic N) is 1. The molecule has 0 amide bonds. The van der Waals surface area contributed by atoms with Gasteiger partial charge in [0.25, 0.3) is 0 Å². The van der Waals surface area contributed by atoms with E-state index in [1.807, 2.05) is 14.1 Å². The second-order valence-electron chi connectivity index (χ2n) is 4.39. The van der Waals surface area contributed by atoms with Gasteiger partial charge in [0.15, 0.2) is 0 Å². The molecule has 100 valence electrons. The first kappa shape index (κ1) is 16.1. The van der Waals surface area contributed by atoms with Crippen molar-refractivity contribution in [2.24, 2.45) is 0 Å². The second kappa shape index (κ2) is 9.15. The summed E-state index contributed by atoms with van der Waals surface area (Å²) in [5.74, 6) is -0.461. The molecule has 0 aromatic heterocycles. The van der Waals surface area contributed by atoms with Crippen molar-refractivity contribution in [3.63, 3.8) is 0 Å². The highest BCUT2D eigenvalue weighted by Gasteiger charge is 2.08. The van der Waals surface area contributed by atoms with Gasteiger partial charge in [-0.25, -0.2) is 4.79 Å². The van der Waals surface area contributed by atoms with E-state index < -0.39 is 12.1 Å². The zero-order valence-corrected chi connectivity index (χ0v) is 11.0. The normalized spacial score (nSPS) is 12.5. The Labute approximate surface area is 103 Å². The molecule has 0 aliphatic heterocycles. The van der Waals surface area contributed by atoms with Gasteiger partial charge in [0.05, 0.1) is 0 Å². The molecule has 0 heterocycles. The molecule has 0 radical (unpaired) electrons. The number of hydrogen-bond acceptors (Lipinski definition) is 5. The van der Waals surface area contributed by atoms with Crippen LogP contribution in [0.4, 0.5) is 0 Å². The van der Waals surface area contributed by atoms with E-state index in [4.69, 9.17) is 4.74 Å². The van der Waals surface area contributed by atoms with E-state index in [1.165, 1.54) is 0 Å². The van der Waals surface area contributed by atoms with E-state index in [2.05, 4.69) is 16.8 Å². The molecule has 0 aromatic rings. The minimum atomic E-state index is -0.669. The number of ether oxygens (including phenoxy) is 1. The fraction of sp³-hybridized carbons (Fsp3) is 0.750. The Morgan fingerprint density at radius 3 is 2.71 bits per heavy atom. The average Bonchev–Trinajstić information content (AvgIpc) is 2.24. The van der Waals surface area contributed by atoms with Gasteiger partial charge >= 0.3 is 5.97 Å². The van der Waals surface area contributed by atoms with E-state index in [9.17, 15) is 9.90 Å². The molecule has 2 N–H and O–H groups in total. The number of carbonyl (C=O) groups excluding carboxylic acids is 1. The van der Waals surface area contributed by atoms with Crippen LogP contribution in [0.25, 0.3) is 0 Å². The molecule has 0 saturated carbocycles. The summed E-state index contributed by atoms with van der Waals surface area (Å²) in [4.78, 5) is 13.1. The molecule has 0 aromatic carbocycles. The zero-order valence-electron chi connectivity index (χ0n) is 11.0. The Balaban J connectivity index is 3.44. The number of aliphatic hydroxyl groups excluding tert-OH is 1. The monoisotopic (exact) mass is 244 g/mol. The smallest absolute Gasteiger partial charge is 0.333 e. The van der Waals surface area contributed by atoms with Crippen LogP contribution in [0.3, 0.4) is 0 Å². The molecule has 5 nitrogen and oxygen atoms in total. The zero-order chi connectivity index (χ0) is 13.3. The number of aliphatic hydroxyl groups is 1. The summed E-state index contributed by atoms with van der Waals surface area (Å²) >= 11 is 0. The highest BCUT2D eigenvalue weighted by Crippen LogP contribution is 1.93. The van der Waals surface area contributed by atoms with Crippen LogP contribution in [0.15, 0.2) is 12.2 Å². The lowest BCUT2D eigenvalue weighted by Crippen LogP contribution is -2.32. The summed E-state index contributed by atoms with van der Waals surface area (Å²) < 4.78 is 4.82. The lowest BCUT2D eigenvalue weighted by Gasteiger charge is -2.13. The SMILES string of the molecule is C=C(C)C(=O)OCC(O)CNCCCN(C)C. The predicted molar refractivity (Wildman–Crippen MR) is 67.8 cm³/mol. The Bertz CT molecular complexity index is 242. The van der Waals surface area contributed by atoms with Crippen LogP contribution in [0.5, 0.6) is 0 Å². The summed E-state index contributed by atoms with van der Waals surface area (Å²) in [5, 5.41) is 12.6. The first-order valence-corrected chi connectivity index (χ1v) is 5.79. The molecule has 0 fully saturated rings. The average molecular weight is 244 g/mol. The number of esters is 1. The van der Waals surface area contributed by atoms with Crippen LogP contribution in [0, 0.1) is 0 Å². The number of nitrogens with one attached hydrogen (secondary N) is 1. The predicted octanol–water partition coefficient (Wildman–Crippen LogP) is 0.00790. The summed E-state index contributed by atoms with van der Waals surface area (Å²) in [7, 11) is 4.04. The third-order valence-electron chi connectivity index (χ3n) is 2.09. The molecule has 1 unspecified atom stereocenters. The van der Waals surface area contributed by atoms with Crippen LogP contribution < -0.4 is 5.32 Å². The highest BCUT2D eigenvalue weighted by molar-refractivity contribution is 5.86. The van der Waals surface area contributed by atoms with E-state index in [-0.39, 0.29) is 6.61 Å². The van der Waals surface area contributed by atoms with Crippen molar-refractivity contribution in [1.29, 1.82) is 0 Å². The summed E-state index contributed by atoms with van der Waals surface area (Å²) in [5.41, 5.74) is 0.344. The second-order valence-corrected chi connectivity index (χ2v) is 4.39. The molecular weight excluding hydrogens is 220 g/mol. The molecular formula is C12H24N2O3. The molecule has 17 heavy (non-hydrogen) atoms. The Hall–Kier alpha value is -0.910. The Morgan fingerprint density at radius 2 is 2.18 bits per heavy atom. The van der Waals surface area contributed by atoms with Crippen molar-refractivity contribution in [1.82, 2.24) is 10.2 Å². The van der Waals surface area contributed by atoms with Crippen molar-refractivity contribution < 1.29 is 14.6 Å². The Kier molecular flexibility index (Phi) is 8.66. The number of rotatable bonds is 9. The van der Waals surface area contributed by atoms with Crippen LogP contribution in [0.2, 0.25) is 0 Å². The van der Waals surface area contributed by atoms with Gasteiger partial charge in [-0.1, -0.05) is 6.58 Å². The van der Waals surface area contributed by atoms with Gasteiger partial charge in [-0.05, 0) is 40.5 Å². The molecule has 0 rings (SSSR count). The van der Waals surface area contributed by atoms with Gasteiger partial charge in [0.2, 0.25) is 0 Å². The van der Waals surface area contributed by atoms with Gasteiger partial charge < -0.3 is 20.1 Å². The summed E-state index contributed by atoms with van der Waals surface area (Å²) in [6, 6.07) is 0. The Morgan fingerprint density at radius 1 is 1.53 bits per heavy atom. The van der Waals surface area contributed by atoms with Crippen molar-refractivity contribution in [3.8, 4) is 0 Å². The van der Waals surface area contributed by atoms with Crippen LogP contribution >= 0.6 is 0 Å². The fourth-order valence-electron chi connectivity index (χ4n) is 1.14. The number of carbonyl (C=O) groups is 1. The van der Waals surface area contributed by atoms with Crippen LogP contribution in [-0.4, -0.2) is 62.4 Å². The maximum atomic E-state index is 11.0. The van der Waals surface area contributed by atoms with Gasteiger partial charge in [0, 0.05) is 12.1 Å². The molecule has 0 aliphatic rings. The van der Waals surface area contributed by atoms with E-state index in [0.29, 0.717) is 12.1 Å². The number of hydrogen-bond donors (Lipinski definition) is 2. The lowest BCUT2D eigenvalue weighted by molar-refractivity contribution is -0.141. The van der Waals surface area contributed by atoms with Crippen molar-refractivity contribution in [2.45, 2.75) is 19.4 Å². The third kappa shape index (κ3) is 9.99. The van der Waals surface area contributed by atoms with E-state index >= 15 is 0 Å². The highest BCUT2D eigenvalue weighted by atomic mass is 16.5. The summed E-state index contributed by atoms with van der Waals surface area (Å²) in [6.07, 6.45) is 0.350. The quantitative estimate of drug-likeness (QED) is 0.340. The molecule has 1 atom stereocenters. The molecule has 5 heteroatoms. The fourth-order valence-corrected chi connectivity index (χ4v) is 1.14. The maximum absolute atomic E-state index is 11.0. The van der Waals surface area contributed by atoms with Gasteiger partial charge in [0.1, 0.15) is 12.7 Å². The molecule has 0 saturated heterocycles. The van der Waals surface area contributed by atoms with Crippen LogP contribution in [-0.2, 0) is 9.53 Å². The summed E-state index contributed by atoms with van der Waals surface area (Å²) in [6.45, 7) is 7.32. The minimum Gasteiger partial charge on any atom is -0.460 e. The first-order chi connectivity index (χ1) is 7.93. The van der Waals surface area contributed by atoms with Crippen molar-refractivity contribution in [3.05, 3.63) is 12.2 Å². The standard InChI is InChI=1S/C12H24N2O3/c1-10(2)12(16)17-9-11(15)8-13-6-5-7-14(3)4/h11,13,15H,1,5-9H2,2-4H3. The molecule has 0 aliphatic carbocycles. The molecule has 0 bridgehead atoms. The van der Waals surface area contributed by atoms with E-state index in [0.717, 1.165) is 19.5 Å². The molecule has 0 spiro atoms. The van der Waals surface area contributed by atoms with Gasteiger partial charge in [-0.15, -0.1) is 0 Å². The van der Waals surface area contributed by atoms with E-state index in [1.54, 1.807) is 6.92 Å². The van der Waals surface area contributed by atoms with Crippen LogP contribution in [0.1, 0.15) is 13.3 Å².